The van der Waals surface area contributed by atoms with E-state index in [0.29, 0.717) is 6.42 Å². The molecule has 162 valence electrons. The fraction of sp³-hybridized carbons (Fsp3) is 0.261. The number of phenols is 1. The Kier molecular flexibility index (Phi) is 6.71. The first kappa shape index (κ1) is 22.0. The number of nitrogens with one attached hydrogen (secondary N) is 2. The fourth-order valence-electron chi connectivity index (χ4n) is 3.34. The number of carbonyl (C=O) groups excluding carboxylic acids is 1. The summed E-state index contributed by atoms with van der Waals surface area (Å²) in [6.45, 7) is 1.87. The Labute approximate surface area is 179 Å². The van der Waals surface area contributed by atoms with Crippen molar-refractivity contribution >= 4 is 23.0 Å². The second kappa shape index (κ2) is 9.44. The molecule has 8 heteroatoms. The van der Waals surface area contributed by atoms with Gasteiger partial charge in [0.25, 0.3) is 16.8 Å². The van der Waals surface area contributed by atoms with Gasteiger partial charge in [-0.05, 0) is 24.1 Å². The number of aliphatic hydroxyl groups excluding tert-OH is 1. The number of phenolic OH excluding ortho intramolecular Hbond substituents is 1. The number of likely N-dealkylation sites (N-methyl/N-ethyl adjacent to an activating group) is 1. The topological polar surface area (TPSA) is 119 Å². The van der Waals surface area contributed by atoms with Gasteiger partial charge in [0.05, 0.1) is 23.9 Å². The lowest BCUT2D eigenvalue weighted by molar-refractivity contribution is 0.0764. The van der Waals surface area contributed by atoms with E-state index < -0.39 is 16.8 Å². The summed E-state index contributed by atoms with van der Waals surface area (Å²) < 4.78 is 0. The molecule has 0 aliphatic carbocycles. The van der Waals surface area contributed by atoms with Crippen LogP contribution in [0.4, 0.5) is 17.1 Å². The molecule has 4 N–H and O–H groups in total. The van der Waals surface area contributed by atoms with Crippen LogP contribution in [0.15, 0.2) is 58.1 Å². The average Bonchev–Trinajstić information content (AvgIpc) is 2.79. The van der Waals surface area contributed by atoms with Gasteiger partial charge in [-0.25, -0.2) is 0 Å². The summed E-state index contributed by atoms with van der Waals surface area (Å²) in [5, 5.41) is 25.5. The molecule has 0 saturated carbocycles. The molecule has 8 nitrogen and oxygen atoms in total. The van der Waals surface area contributed by atoms with Gasteiger partial charge < -0.3 is 25.7 Å². The van der Waals surface area contributed by atoms with Crippen molar-refractivity contribution in [3.63, 3.8) is 0 Å². The third-order valence-electron chi connectivity index (χ3n) is 5.15. The maximum Gasteiger partial charge on any atom is 0.257 e. The highest BCUT2D eigenvalue weighted by Crippen LogP contribution is 2.33. The highest BCUT2D eigenvalue weighted by molar-refractivity contribution is 5.99. The Morgan fingerprint density at radius 3 is 2.35 bits per heavy atom. The van der Waals surface area contributed by atoms with E-state index in [0.717, 1.165) is 5.56 Å². The van der Waals surface area contributed by atoms with Crippen LogP contribution < -0.4 is 21.5 Å². The molecule has 3 aromatic carbocycles. The van der Waals surface area contributed by atoms with Crippen molar-refractivity contribution in [2.24, 2.45) is 0 Å². The summed E-state index contributed by atoms with van der Waals surface area (Å²) in [6, 6.07) is 13.9. The van der Waals surface area contributed by atoms with Gasteiger partial charge in [0.15, 0.2) is 5.75 Å². The van der Waals surface area contributed by atoms with E-state index in [2.05, 4.69) is 10.6 Å². The van der Waals surface area contributed by atoms with Crippen LogP contribution in [-0.2, 0) is 0 Å². The summed E-state index contributed by atoms with van der Waals surface area (Å²) in [4.78, 5) is 38.2. The Bertz CT molecular complexity index is 1140. The Morgan fingerprint density at radius 2 is 1.71 bits per heavy atom. The van der Waals surface area contributed by atoms with Gasteiger partial charge in [-0.15, -0.1) is 0 Å². The largest absolute Gasteiger partial charge is 0.505 e. The molecule has 0 aliphatic heterocycles. The minimum atomic E-state index is -0.695. The first-order chi connectivity index (χ1) is 14.9. The van der Waals surface area contributed by atoms with Crippen molar-refractivity contribution in [1.29, 1.82) is 0 Å². The lowest BCUT2D eigenvalue weighted by Gasteiger charge is -2.22. The number of hydrogen-bond acceptors (Lipinski definition) is 7. The monoisotopic (exact) mass is 423 g/mol. The number of carbonyl (C=O) groups is 1. The van der Waals surface area contributed by atoms with E-state index >= 15 is 0 Å². The fourth-order valence-corrected chi connectivity index (χ4v) is 3.34. The maximum absolute atomic E-state index is 12.5. The average molecular weight is 423 g/mol. The Hall–Kier alpha value is -3.65. The number of benzene rings is 2. The van der Waals surface area contributed by atoms with Crippen molar-refractivity contribution in [3.8, 4) is 5.75 Å². The summed E-state index contributed by atoms with van der Waals surface area (Å²) in [5.41, 5.74) is -0.00940. The predicted molar refractivity (Wildman–Crippen MR) is 120 cm³/mol. The number of hydrogen-bond donors (Lipinski definition) is 4. The van der Waals surface area contributed by atoms with Gasteiger partial charge in [0.1, 0.15) is 11.4 Å². The molecular formula is C23H25N3O5. The van der Waals surface area contributed by atoms with Crippen LogP contribution in [0.3, 0.4) is 0 Å². The first-order valence-electron chi connectivity index (χ1n) is 9.99. The predicted octanol–water partition coefficient (Wildman–Crippen LogP) is 2.36. The van der Waals surface area contributed by atoms with Crippen LogP contribution in [0.1, 0.15) is 35.3 Å². The zero-order chi connectivity index (χ0) is 22.5. The zero-order valence-electron chi connectivity index (χ0n) is 17.4. The molecule has 1 atom stereocenters. The first-order valence-corrected chi connectivity index (χ1v) is 9.99. The third-order valence-corrected chi connectivity index (χ3v) is 5.15. The van der Waals surface area contributed by atoms with E-state index in [-0.39, 0.29) is 47.6 Å². The number of para-hydroxylation sites is 1. The minimum absolute atomic E-state index is 0.0184. The molecule has 0 spiro atoms. The lowest BCUT2D eigenvalue weighted by atomic mass is 10.0. The summed E-state index contributed by atoms with van der Waals surface area (Å²) in [7, 11) is 1.51. The van der Waals surface area contributed by atoms with Gasteiger partial charge >= 0.3 is 0 Å². The third kappa shape index (κ3) is 4.44. The standard InChI is InChI=1S/C23H25N3O5/c1-3-16(14-8-5-4-6-9-14)24-18-19(22(30)21(18)29)25-17-11-7-10-15(20(17)28)23(31)26(2)12-13-27/h4-11,16,24-25,27-28H,3,12-13H2,1-2H3/t16-/m1/s1. The molecule has 3 aromatic rings. The molecule has 3 rings (SSSR count). The van der Waals surface area contributed by atoms with Gasteiger partial charge in [-0.3, -0.25) is 14.4 Å². The van der Waals surface area contributed by atoms with Crippen LogP contribution in [0, 0.1) is 0 Å². The van der Waals surface area contributed by atoms with E-state index in [4.69, 9.17) is 5.11 Å². The highest BCUT2D eigenvalue weighted by Gasteiger charge is 2.25. The van der Waals surface area contributed by atoms with Crippen LogP contribution in [-0.4, -0.2) is 41.2 Å². The second-order valence-electron chi connectivity index (χ2n) is 7.20. The van der Waals surface area contributed by atoms with Crippen LogP contribution in [0.2, 0.25) is 0 Å². The van der Waals surface area contributed by atoms with Crippen molar-refractivity contribution in [2.75, 3.05) is 30.8 Å². The number of aromatic hydroxyl groups is 1. The second-order valence-corrected chi connectivity index (χ2v) is 7.20. The smallest absolute Gasteiger partial charge is 0.257 e. The zero-order valence-corrected chi connectivity index (χ0v) is 17.4. The van der Waals surface area contributed by atoms with E-state index in [9.17, 15) is 19.5 Å². The molecule has 0 aliphatic rings. The molecule has 0 saturated heterocycles. The number of aliphatic hydroxyl groups is 1. The molecule has 0 aromatic heterocycles. The normalized spacial score (nSPS) is 11.8. The molecule has 0 bridgehead atoms. The van der Waals surface area contributed by atoms with Crippen molar-refractivity contribution in [2.45, 2.75) is 19.4 Å². The maximum atomic E-state index is 12.5. The summed E-state index contributed by atoms with van der Waals surface area (Å²) in [6.07, 6.45) is 0.689. The van der Waals surface area contributed by atoms with Gasteiger partial charge in [0, 0.05) is 13.6 Å². The summed E-state index contributed by atoms with van der Waals surface area (Å²) >= 11 is 0. The van der Waals surface area contributed by atoms with Crippen LogP contribution in [0.25, 0.3) is 0 Å². The Morgan fingerprint density at radius 1 is 1.03 bits per heavy atom. The molecular weight excluding hydrogens is 398 g/mol. The SMILES string of the molecule is CC[C@@H](Nc1c(Nc2cccc(C(=O)N(C)CCO)c2O)c(=O)c1=O)c1ccccc1. The minimum Gasteiger partial charge on any atom is -0.505 e. The van der Waals surface area contributed by atoms with Gasteiger partial charge in [-0.2, -0.15) is 0 Å². The molecule has 0 radical (unpaired) electrons. The van der Waals surface area contributed by atoms with E-state index in [1.807, 2.05) is 37.3 Å². The molecule has 0 heterocycles. The van der Waals surface area contributed by atoms with E-state index in [1.54, 1.807) is 6.07 Å². The van der Waals surface area contributed by atoms with Crippen molar-refractivity contribution in [3.05, 3.63) is 80.1 Å². The summed E-state index contributed by atoms with van der Waals surface area (Å²) in [5.74, 6) is -0.819. The van der Waals surface area contributed by atoms with Crippen molar-refractivity contribution in [1.82, 2.24) is 4.90 Å². The number of rotatable bonds is 9. The molecule has 0 unspecified atom stereocenters. The highest BCUT2D eigenvalue weighted by atomic mass is 16.3. The number of nitrogens with zero attached hydrogens (tertiary/aromatic N) is 1. The molecule has 0 fully saturated rings. The van der Waals surface area contributed by atoms with Gasteiger partial charge in [0.2, 0.25) is 0 Å². The molecule has 31 heavy (non-hydrogen) atoms. The van der Waals surface area contributed by atoms with E-state index in [1.165, 1.54) is 24.1 Å². The number of amides is 1. The van der Waals surface area contributed by atoms with Crippen LogP contribution in [0.5, 0.6) is 5.75 Å². The van der Waals surface area contributed by atoms with Crippen molar-refractivity contribution < 1.29 is 15.0 Å². The molecule has 1 amide bonds. The number of anilines is 3. The van der Waals surface area contributed by atoms with Crippen LogP contribution >= 0.6 is 0 Å². The Balaban J connectivity index is 1.87. The lowest BCUT2D eigenvalue weighted by Crippen LogP contribution is -2.37. The van der Waals surface area contributed by atoms with Gasteiger partial charge in [-0.1, -0.05) is 43.3 Å². The quantitative estimate of drug-likeness (QED) is 0.308.